The molecule has 1 aliphatic rings. The van der Waals surface area contributed by atoms with Crippen LogP contribution in [-0.2, 0) is 5.54 Å². The van der Waals surface area contributed by atoms with Gasteiger partial charge in [-0.05, 0) is 73.2 Å². The summed E-state index contributed by atoms with van der Waals surface area (Å²) in [5.41, 5.74) is 3.47. The van der Waals surface area contributed by atoms with E-state index in [2.05, 4.69) is 81.2 Å². The third-order valence-corrected chi connectivity index (χ3v) is 6.22. The standard InChI is InChI=1S/C24H25BrN2O2/c1-24(18-4-6-19(25)7-5-18)16-26(20-8-12-22(28-2)13-9-20)17-27(24)21-10-14-23(29-3)15-11-21/h4-15H,16-17H2,1-3H3. The van der Waals surface area contributed by atoms with E-state index in [0.29, 0.717) is 0 Å². The van der Waals surface area contributed by atoms with Gasteiger partial charge in [0.15, 0.2) is 0 Å². The van der Waals surface area contributed by atoms with Crippen LogP contribution in [0.5, 0.6) is 11.5 Å². The molecule has 0 spiro atoms. The lowest BCUT2D eigenvalue weighted by molar-refractivity contribution is 0.414. The Labute approximate surface area is 180 Å². The number of rotatable bonds is 5. The predicted molar refractivity (Wildman–Crippen MR) is 122 cm³/mol. The number of benzene rings is 3. The highest BCUT2D eigenvalue weighted by Crippen LogP contribution is 2.41. The van der Waals surface area contributed by atoms with E-state index in [1.165, 1.54) is 16.9 Å². The van der Waals surface area contributed by atoms with E-state index < -0.39 is 0 Å². The lowest BCUT2D eigenvalue weighted by Gasteiger charge is -2.36. The molecule has 0 N–H and O–H groups in total. The van der Waals surface area contributed by atoms with Crippen LogP contribution in [0.25, 0.3) is 0 Å². The molecular weight excluding hydrogens is 428 g/mol. The van der Waals surface area contributed by atoms with Crippen molar-refractivity contribution in [3.8, 4) is 11.5 Å². The molecule has 1 unspecified atom stereocenters. The number of methoxy groups -OCH3 is 2. The SMILES string of the molecule is COc1ccc(N2CN(c3ccc(OC)cc3)C(C)(c3ccc(Br)cc3)C2)cc1. The molecule has 4 nitrogen and oxygen atoms in total. The molecule has 29 heavy (non-hydrogen) atoms. The first-order valence-corrected chi connectivity index (χ1v) is 10.4. The van der Waals surface area contributed by atoms with E-state index in [1.807, 2.05) is 24.3 Å². The number of hydrogen-bond acceptors (Lipinski definition) is 4. The van der Waals surface area contributed by atoms with Crippen LogP contribution in [-0.4, -0.2) is 27.4 Å². The number of hydrogen-bond donors (Lipinski definition) is 0. The molecule has 0 aromatic heterocycles. The van der Waals surface area contributed by atoms with E-state index in [9.17, 15) is 0 Å². The summed E-state index contributed by atoms with van der Waals surface area (Å²) in [7, 11) is 3.39. The van der Waals surface area contributed by atoms with Crippen molar-refractivity contribution in [1.82, 2.24) is 0 Å². The molecule has 4 rings (SSSR count). The Morgan fingerprint density at radius 3 is 1.79 bits per heavy atom. The summed E-state index contributed by atoms with van der Waals surface area (Å²) < 4.78 is 11.8. The van der Waals surface area contributed by atoms with Crippen LogP contribution in [0.4, 0.5) is 11.4 Å². The van der Waals surface area contributed by atoms with Gasteiger partial charge in [0.2, 0.25) is 0 Å². The van der Waals surface area contributed by atoms with Gasteiger partial charge in [0, 0.05) is 22.4 Å². The van der Waals surface area contributed by atoms with Gasteiger partial charge in [-0.3, -0.25) is 0 Å². The molecule has 150 valence electrons. The maximum Gasteiger partial charge on any atom is 0.119 e. The first-order valence-electron chi connectivity index (χ1n) is 9.60. The summed E-state index contributed by atoms with van der Waals surface area (Å²) in [6.45, 7) is 3.99. The van der Waals surface area contributed by atoms with Crippen molar-refractivity contribution < 1.29 is 9.47 Å². The zero-order chi connectivity index (χ0) is 20.4. The summed E-state index contributed by atoms with van der Waals surface area (Å²) in [5.74, 6) is 1.74. The molecule has 0 amide bonds. The number of halogens is 1. The van der Waals surface area contributed by atoms with Crippen molar-refractivity contribution in [2.45, 2.75) is 12.5 Å². The smallest absolute Gasteiger partial charge is 0.119 e. The third-order valence-electron chi connectivity index (χ3n) is 5.69. The van der Waals surface area contributed by atoms with Crippen molar-refractivity contribution in [2.24, 2.45) is 0 Å². The van der Waals surface area contributed by atoms with Gasteiger partial charge in [-0.25, -0.2) is 0 Å². The molecule has 1 aliphatic heterocycles. The molecule has 3 aromatic carbocycles. The van der Waals surface area contributed by atoms with Crippen LogP contribution in [0, 0.1) is 0 Å². The Balaban J connectivity index is 1.72. The molecule has 1 atom stereocenters. The summed E-state index contributed by atoms with van der Waals surface area (Å²) in [5, 5.41) is 0. The first-order chi connectivity index (χ1) is 14.0. The average Bonchev–Trinajstić information content (AvgIpc) is 3.13. The van der Waals surface area contributed by atoms with Gasteiger partial charge in [0.05, 0.1) is 26.4 Å². The summed E-state index contributed by atoms with van der Waals surface area (Å²) in [4.78, 5) is 4.87. The maximum absolute atomic E-state index is 5.35. The predicted octanol–water partition coefficient (Wildman–Crippen LogP) is 5.67. The highest BCUT2D eigenvalue weighted by Gasteiger charge is 2.42. The fourth-order valence-corrected chi connectivity index (χ4v) is 4.25. The highest BCUT2D eigenvalue weighted by molar-refractivity contribution is 9.10. The van der Waals surface area contributed by atoms with Gasteiger partial charge in [-0.15, -0.1) is 0 Å². The molecule has 0 bridgehead atoms. The van der Waals surface area contributed by atoms with E-state index in [1.54, 1.807) is 14.2 Å². The zero-order valence-corrected chi connectivity index (χ0v) is 18.5. The number of nitrogens with zero attached hydrogens (tertiary/aromatic N) is 2. The first kappa shape index (κ1) is 19.6. The van der Waals surface area contributed by atoms with Gasteiger partial charge in [0.1, 0.15) is 11.5 Å². The van der Waals surface area contributed by atoms with E-state index in [4.69, 9.17) is 9.47 Å². The highest BCUT2D eigenvalue weighted by atomic mass is 79.9. The van der Waals surface area contributed by atoms with Crippen molar-refractivity contribution in [2.75, 3.05) is 37.2 Å². The molecule has 1 fully saturated rings. The van der Waals surface area contributed by atoms with E-state index >= 15 is 0 Å². The van der Waals surface area contributed by atoms with Crippen LogP contribution in [0.2, 0.25) is 0 Å². The van der Waals surface area contributed by atoms with Gasteiger partial charge in [-0.1, -0.05) is 28.1 Å². The lowest BCUT2D eigenvalue weighted by atomic mass is 9.90. The molecule has 0 aliphatic carbocycles. The third kappa shape index (κ3) is 3.79. The summed E-state index contributed by atoms with van der Waals surface area (Å²) >= 11 is 3.56. The molecule has 3 aromatic rings. The van der Waals surface area contributed by atoms with Gasteiger partial charge in [0.25, 0.3) is 0 Å². The minimum absolute atomic E-state index is 0.171. The Hall–Kier alpha value is -2.66. The molecular formula is C24H25BrN2O2. The van der Waals surface area contributed by atoms with E-state index in [0.717, 1.165) is 29.2 Å². The van der Waals surface area contributed by atoms with Crippen LogP contribution in [0.15, 0.2) is 77.3 Å². The topological polar surface area (TPSA) is 24.9 Å². The molecule has 1 saturated heterocycles. The van der Waals surface area contributed by atoms with E-state index in [-0.39, 0.29) is 5.54 Å². The Morgan fingerprint density at radius 1 is 0.759 bits per heavy atom. The second kappa shape index (κ2) is 7.99. The molecule has 5 heteroatoms. The number of ether oxygens (including phenoxy) is 2. The Kier molecular flexibility index (Phi) is 5.41. The lowest BCUT2D eigenvalue weighted by Crippen LogP contribution is -2.40. The average molecular weight is 453 g/mol. The quantitative estimate of drug-likeness (QED) is 0.497. The van der Waals surface area contributed by atoms with Crippen LogP contribution < -0.4 is 19.3 Å². The fourth-order valence-electron chi connectivity index (χ4n) is 3.98. The van der Waals surface area contributed by atoms with Crippen molar-refractivity contribution in [3.05, 3.63) is 82.8 Å². The Morgan fingerprint density at radius 2 is 1.28 bits per heavy atom. The normalized spacial score (nSPS) is 18.8. The molecule has 0 saturated carbocycles. The Bertz CT molecular complexity index is 958. The number of anilines is 2. The fraction of sp³-hybridized carbons (Fsp3) is 0.250. The minimum Gasteiger partial charge on any atom is -0.497 e. The maximum atomic E-state index is 5.35. The second-order valence-electron chi connectivity index (χ2n) is 7.44. The van der Waals surface area contributed by atoms with Crippen molar-refractivity contribution in [1.29, 1.82) is 0 Å². The summed E-state index contributed by atoms with van der Waals surface area (Å²) in [6, 6.07) is 25.2. The minimum atomic E-state index is -0.171. The van der Waals surface area contributed by atoms with Crippen LogP contribution in [0.1, 0.15) is 12.5 Å². The summed E-state index contributed by atoms with van der Waals surface area (Å²) in [6.07, 6.45) is 0. The zero-order valence-electron chi connectivity index (χ0n) is 16.9. The second-order valence-corrected chi connectivity index (χ2v) is 8.36. The molecule has 1 heterocycles. The van der Waals surface area contributed by atoms with Gasteiger partial charge < -0.3 is 19.3 Å². The largest absolute Gasteiger partial charge is 0.497 e. The van der Waals surface area contributed by atoms with Crippen LogP contribution >= 0.6 is 15.9 Å². The van der Waals surface area contributed by atoms with Gasteiger partial charge in [-0.2, -0.15) is 0 Å². The van der Waals surface area contributed by atoms with Gasteiger partial charge >= 0.3 is 0 Å². The monoisotopic (exact) mass is 452 g/mol. The van der Waals surface area contributed by atoms with Crippen molar-refractivity contribution in [3.63, 3.8) is 0 Å². The molecule has 0 radical (unpaired) electrons. The van der Waals surface area contributed by atoms with Crippen LogP contribution in [0.3, 0.4) is 0 Å². The van der Waals surface area contributed by atoms with Crippen molar-refractivity contribution >= 4 is 27.3 Å².